The lowest BCUT2D eigenvalue weighted by atomic mass is 10.1. The number of ether oxygens (including phenoxy) is 2. The molecule has 0 radical (unpaired) electrons. The van der Waals surface area contributed by atoms with Crippen molar-refractivity contribution in [2.45, 2.75) is 65.9 Å². The summed E-state index contributed by atoms with van der Waals surface area (Å²) in [5.74, 6) is -0.190. The molecule has 0 amide bonds. The van der Waals surface area contributed by atoms with Gasteiger partial charge in [0.05, 0.1) is 6.61 Å². The van der Waals surface area contributed by atoms with Crippen LogP contribution < -0.4 is 0 Å². The van der Waals surface area contributed by atoms with Gasteiger partial charge in [-0.2, -0.15) is 0 Å². The average Bonchev–Trinajstić information content (AvgIpc) is 2.38. The summed E-state index contributed by atoms with van der Waals surface area (Å²) in [6.07, 6.45) is 6.70. The molecule has 116 valence electrons. The largest absolute Gasteiger partial charge is 0.465 e. The first-order valence-corrected chi connectivity index (χ1v) is 7.47. The van der Waals surface area contributed by atoms with E-state index in [4.69, 9.17) is 9.47 Å². The van der Waals surface area contributed by atoms with Crippen LogP contribution >= 0.6 is 0 Å². The second kappa shape index (κ2) is 11.5. The Morgan fingerprint density at radius 1 is 1.05 bits per heavy atom. The maximum absolute atomic E-state index is 11.5. The molecule has 4 nitrogen and oxygen atoms in total. The number of hydrogen-bond acceptors (Lipinski definition) is 4. The van der Waals surface area contributed by atoms with Crippen LogP contribution in [-0.2, 0) is 19.1 Å². The van der Waals surface area contributed by atoms with Crippen LogP contribution in [0.15, 0.2) is 12.2 Å². The fraction of sp³-hybridized carbons (Fsp3) is 0.750. The summed E-state index contributed by atoms with van der Waals surface area (Å²) in [4.78, 5) is 22.9. The van der Waals surface area contributed by atoms with E-state index in [0.717, 1.165) is 12.8 Å². The van der Waals surface area contributed by atoms with Gasteiger partial charge in [0, 0.05) is 12.8 Å². The number of rotatable bonds is 10. The van der Waals surface area contributed by atoms with Gasteiger partial charge in [-0.15, -0.1) is 0 Å². The van der Waals surface area contributed by atoms with E-state index in [1.807, 2.05) is 32.9 Å². The van der Waals surface area contributed by atoms with E-state index in [9.17, 15) is 9.59 Å². The molecular formula is C16H28O4. The first-order chi connectivity index (χ1) is 9.47. The minimum Gasteiger partial charge on any atom is -0.465 e. The highest BCUT2D eigenvalue weighted by atomic mass is 16.5. The van der Waals surface area contributed by atoms with Crippen LogP contribution in [0.5, 0.6) is 0 Å². The number of carbonyl (C=O) groups is 2. The highest BCUT2D eigenvalue weighted by Crippen LogP contribution is 2.08. The molecule has 0 N–H and O–H groups in total. The smallest absolute Gasteiger partial charge is 0.306 e. The Morgan fingerprint density at radius 2 is 1.70 bits per heavy atom. The van der Waals surface area contributed by atoms with Crippen molar-refractivity contribution in [2.24, 2.45) is 5.92 Å². The van der Waals surface area contributed by atoms with E-state index in [-0.39, 0.29) is 30.9 Å². The molecule has 1 atom stereocenters. The Kier molecular flexibility index (Phi) is 10.7. The Balaban J connectivity index is 3.60. The van der Waals surface area contributed by atoms with Crippen molar-refractivity contribution in [3.05, 3.63) is 12.2 Å². The Hall–Kier alpha value is -1.32. The third-order valence-electron chi connectivity index (χ3n) is 2.97. The van der Waals surface area contributed by atoms with E-state index in [0.29, 0.717) is 18.9 Å². The molecule has 0 aromatic heterocycles. The molecule has 0 aliphatic rings. The molecule has 20 heavy (non-hydrogen) atoms. The zero-order valence-electron chi connectivity index (χ0n) is 13.2. The second-order valence-electron chi connectivity index (χ2n) is 5.18. The Morgan fingerprint density at radius 3 is 2.30 bits per heavy atom. The van der Waals surface area contributed by atoms with Crippen LogP contribution in [0.25, 0.3) is 0 Å². The predicted octanol–water partition coefficient (Wildman–Crippen LogP) is 3.64. The molecule has 0 aromatic rings. The molecule has 0 bridgehead atoms. The standard InChI is InChI=1S/C16H28O4/c1-5-6-7-8-12-19-15(17)10-9-11-16(18)20-14(4)13(2)3/h6-7,13-14H,5,8-12H2,1-4H3/b7-6+. The molecule has 0 fully saturated rings. The van der Waals surface area contributed by atoms with Crippen molar-refractivity contribution in [3.63, 3.8) is 0 Å². The number of allylic oxidation sites excluding steroid dienone is 1. The molecule has 0 aliphatic carbocycles. The van der Waals surface area contributed by atoms with Gasteiger partial charge in [-0.3, -0.25) is 9.59 Å². The van der Waals surface area contributed by atoms with Crippen molar-refractivity contribution in [3.8, 4) is 0 Å². The first kappa shape index (κ1) is 18.7. The SMILES string of the molecule is CC/C=C/CCOC(=O)CCCC(=O)OC(C)C(C)C. The van der Waals surface area contributed by atoms with Gasteiger partial charge < -0.3 is 9.47 Å². The first-order valence-electron chi connectivity index (χ1n) is 7.47. The normalized spacial score (nSPS) is 12.7. The lowest BCUT2D eigenvalue weighted by molar-refractivity contribution is -0.150. The highest BCUT2D eigenvalue weighted by molar-refractivity contribution is 5.72. The maximum atomic E-state index is 11.5. The van der Waals surface area contributed by atoms with Crippen LogP contribution in [0.1, 0.15) is 59.8 Å². The Bertz CT molecular complexity index is 308. The van der Waals surface area contributed by atoms with Crippen LogP contribution in [0, 0.1) is 5.92 Å². The van der Waals surface area contributed by atoms with Gasteiger partial charge >= 0.3 is 11.9 Å². The molecule has 0 saturated carbocycles. The quantitative estimate of drug-likeness (QED) is 0.349. The fourth-order valence-electron chi connectivity index (χ4n) is 1.38. The summed E-state index contributed by atoms with van der Waals surface area (Å²) in [6.45, 7) is 8.34. The molecular weight excluding hydrogens is 256 g/mol. The minimum absolute atomic E-state index is 0.0835. The molecule has 4 heteroatoms. The molecule has 0 saturated heterocycles. The van der Waals surface area contributed by atoms with Gasteiger partial charge in [-0.25, -0.2) is 0 Å². The predicted molar refractivity (Wildman–Crippen MR) is 79.3 cm³/mol. The fourth-order valence-corrected chi connectivity index (χ4v) is 1.38. The third-order valence-corrected chi connectivity index (χ3v) is 2.97. The van der Waals surface area contributed by atoms with Gasteiger partial charge in [0.25, 0.3) is 0 Å². The number of carbonyl (C=O) groups excluding carboxylic acids is 2. The van der Waals surface area contributed by atoms with Gasteiger partial charge in [-0.1, -0.05) is 32.9 Å². The molecule has 0 rings (SSSR count). The van der Waals surface area contributed by atoms with Crippen LogP contribution in [-0.4, -0.2) is 24.6 Å². The number of hydrogen-bond donors (Lipinski definition) is 0. The molecule has 0 aromatic carbocycles. The average molecular weight is 284 g/mol. The maximum Gasteiger partial charge on any atom is 0.306 e. The summed E-state index contributed by atoms with van der Waals surface area (Å²) in [6, 6.07) is 0. The summed E-state index contributed by atoms with van der Waals surface area (Å²) in [5, 5.41) is 0. The van der Waals surface area contributed by atoms with Crippen molar-refractivity contribution in [1.29, 1.82) is 0 Å². The van der Waals surface area contributed by atoms with E-state index >= 15 is 0 Å². The summed E-state index contributed by atoms with van der Waals surface area (Å²) in [5.41, 5.74) is 0. The zero-order chi connectivity index (χ0) is 15.4. The van der Waals surface area contributed by atoms with E-state index in [1.54, 1.807) is 0 Å². The lowest BCUT2D eigenvalue weighted by Crippen LogP contribution is -2.20. The van der Waals surface area contributed by atoms with Crippen LogP contribution in [0.3, 0.4) is 0 Å². The second-order valence-corrected chi connectivity index (χ2v) is 5.18. The molecule has 0 aliphatic heterocycles. The van der Waals surface area contributed by atoms with Gasteiger partial charge in [0.1, 0.15) is 6.10 Å². The minimum atomic E-state index is -0.250. The van der Waals surface area contributed by atoms with E-state index in [2.05, 4.69) is 6.92 Å². The van der Waals surface area contributed by atoms with Crippen molar-refractivity contribution in [1.82, 2.24) is 0 Å². The topological polar surface area (TPSA) is 52.6 Å². The molecule has 1 unspecified atom stereocenters. The summed E-state index contributed by atoms with van der Waals surface area (Å²) >= 11 is 0. The lowest BCUT2D eigenvalue weighted by Gasteiger charge is -2.16. The van der Waals surface area contributed by atoms with Crippen LogP contribution in [0.2, 0.25) is 0 Å². The summed E-state index contributed by atoms with van der Waals surface area (Å²) < 4.78 is 10.3. The highest BCUT2D eigenvalue weighted by Gasteiger charge is 2.13. The van der Waals surface area contributed by atoms with Crippen molar-refractivity contribution >= 4 is 11.9 Å². The zero-order valence-corrected chi connectivity index (χ0v) is 13.2. The van der Waals surface area contributed by atoms with Crippen molar-refractivity contribution in [2.75, 3.05) is 6.61 Å². The van der Waals surface area contributed by atoms with Gasteiger partial charge in [0.15, 0.2) is 0 Å². The Labute approximate surface area is 122 Å². The van der Waals surface area contributed by atoms with Crippen molar-refractivity contribution < 1.29 is 19.1 Å². The van der Waals surface area contributed by atoms with Gasteiger partial charge in [-0.05, 0) is 32.1 Å². The monoisotopic (exact) mass is 284 g/mol. The molecule has 0 spiro atoms. The molecule has 0 heterocycles. The van der Waals surface area contributed by atoms with Gasteiger partial charge in [0.2, 0.25) is 0 Å². The van der Waals surface area contributed by atoms with E-state index < -0.39 is 0 Å². The third kappa shape index (κ3) is 10.6. The van der Waals surface area contributed by atoms with Crippen LogP contribution in [0.4, 0.5) is 0 Å². The van der Waals surface area contributed by atoms with E-state index in [1.165, 1.54) is 0 Å². The number of esters is 2. The summed E-state index contributed by atoms with van der Waals surface area (Å²) in [7, 11) is 0.